The molecule has 2 N–H and O–H groups in total. The second kappa shape index (κ2) is 3.48. The van der Waals surface area contributed by atoms with Gasteiger partial charge in [-0.2, -0.15) is 0 Å². The first-order valence-corrected chi connectivity index (χ1v) is 7.57. The number of nitrogens with two attached hydrogens (primary N) is 1. The highest BCUT2D eigenvalue weighted by Gasteiger charge is 2.51. The van der Waals surface area contributed by atoms with Gasteiger partial charge in [-0.15, -0.1) is 0 Å². The topological polar surface area (TPSA) is 26.0 Å². The summed E-state index contributed by atoms with van der Waals surface area (Å²) in [7, 11) is 0. The van der Waals surface area contributed by atoms with Crippen molar-refractivity contribution in [3.8, 4) is 0 Å². The molecule has 16 heavy (non-hydrogen) atoms. The molecule has 4 bridgehead atoms. The summed E-state index contributed by atoms with van der Waals surface area (Å²) in [5, 5.41) is 0. The van der Waals surface area contributed by atoms with Crippen LogP contribution in [0.1, 0.15) is 51.4 Å². The molecule has 5 saturated carbocycles. The highest BCUT2D eigenvalue weighted by Crippen LogP contribution is 2.58. The molecular formula is C15H25N. The predicted molar refractivity (Wildman–Crippen MR) is 65.9 cm³/mol. The number of hydrogen-bond acceptors (Lipinski definition) is 1. The van der Waals surface area contributed by atoms with Gasteiger partial charge in [0.15, 0.2) is 0 Å². The van der Waals surface area contributed by atoms with E-state index in [0.29, 0.717) is 6.04 Å². The molecule has 1 unspecified atom stereocenters. The SMILES string of the molecule is NC(C1CCC1)C1C2CC3CC(C2)CC1C3. The molecule has 5 rings (SSSR count). The van der Waals surface area contributed by atoms with Crippen LogP contribution in [-0.4, -0.2) is 6.04 Å². The van der Waals surface area contributed by atoms with Gasteiger partial charge in [-0.25, -0.2) is 0 Å². The van der Waals surface area contributed by atoms with Crippen LogP contribution in [0.3, 0.4) is 0 Å². The van der Waals surface area contributed by atoms with Crippen LogP contribution in [0.5, 0.6) is 0 Å². The van der Waals surface area contributed by atoms with Crippen LogP contribution >= 0.6 is 0 Å². The molecule has 0 heterocycles. The quantitative estimate of drug-likeness (QED) is 0.758. The second-order valence-corrected chi connectivity index (χ2v) is 7.28. The molecule has 0 spiro atoms. The van der Waals surface area contributed by atoms with Crippen LogP contribution in [0.25, 0.3) is 0 Å². The Labute approximate surface area is 99.2 Å². The molecule has 1 nitrogen and oxygen atoms in total. The molecule has 0 aromatic carbocycles. The molecule has 90 valence electrons. The summed E-state index contributed by atoms with van der Waals surface area (Å²) in [6, 6.07) is 0.573. The Kier molecular flexibility index (Phi) is 2.16. The van der Waals surface area contributed by atoms with Gasteiger partial charge in [0.05, 0.1) is 0 Å². The Hall–Kier alpha value is -0.0400. The fourth-order valence-corrected chi connectivity index (χ4v) is 5.73. The number of rotatable bonds is 2. The third kappa shape index (κ3) is 1.33. The first-order chi connectivity index (χ1) is 7.81. The van der Waals surface area contributed by atoms with Crippen molar-refractivity contribution in [2.75, 3.05) is 0 Å². The van der Waals surface area contributed by atoms with Gasteiger partial charge >= 0.3 is 0 Å². The maximum Gasteiger partial charge on any atom is 0.0101 e. The summed E-state index contributed by atoms with van der Waals surface area (Å²) in [5.41, 5.74) is 6.60. The average molecular weight is 219 g/mol. The molecule has 1 atom stereocenters. The van der Waals surface area contributed by atoms with Crippen LogP contribution in [-0.2, 0) is 0 Å². The molecule has 5 aliphatic carbocycles. The molecule has 0 aromatic rings. The van der Waals surface area contributed by atoms with E-state index in [4.69, 9.17) is 5.73 Å². The fourth-order valence-electron chi connectivity index (χ4n) is 5.73. The highest BCUT2D eigenvalue weighted by atomic mass is 14.7. The van der Waals surface area contributed by atoms with Gasteiger partial charge in [-0.3, -0.25) is 0 Å². The predicted octanol–water partition coefficient (Wildman–Crippen LogP) is 3.19. The molecule has 0 amide bonds. The van der Waals surface area contributed by atoms with E-state index in [-0.39, 0.29) is 0 Å². The minimum Gasteiger partial charge on any atom is -0.327 e. The number of hydrogen-bond donors (Lipinski definition) is 1. The molecule has 0 radical (unpaired) electrons. The van der Waals surface area contributed by atoms with Gasteiger partial charge in [-0.1, -0.05) is 6.42 Å². The lowest BCUT2D eigenvalue weighted by atomic mass is 9.49. The van der Waals surface area contributed by atoms with Crippen molar-refractivity contribution in [3.63, 3.8) is 0 Å². The van der Waals surface area contributed by atoms with Crippen molar-refractivity contribution in [2.45, 2.75) is 57.4 Å². The van der Waals surface area contributed by atoms with Gasteiger partial charge in [0.2, 0.25) is 0 Å². The summed E-state index contributed by atoms with van der Waals surface area (Å²) in [6.45, 7) is 0. The summed E-state index contributed by atoms with van der Waals surface area (Å²) >= 11 is 0. The Balaban J connectivity index is 1.55. The normalized spacial score (nSPS) is 52.7. The van der Waals surface area contributed by atoms with E-state index in [2.05, 4.69) is 0 Å². The maximum atomic E-state index is 6.60. The van der Waals surface area contributed by atoms with E-state index >= 15 is 0 Å². The Morgan fingerprint density at radius 3 is 1.81 bits per heavy atom. The van der Waals surface area contributed by atoms with Crippen LogP contribution in [0.4, 0.5) is 0 Å². The van der Waals surface area contributed by atoms with Gasteiger partial charge in [0.1, 0.15) is 0 Å². The minimum atomic E-state index is 0.573. The molecule has 0 saturated heterocycles. The van der Waals surface area contributed by atoms with E-state index in [0.717, 1.165) is 35.5 Å². The standard InChI is InChI=1S/C15H25N/c16-15(11-2-1-3-11)14-12-5-9-4-10(7-12)8-13(14)6-9/h9-15H,1-8,16H2. The lowest BCUT2D eigenvalue weighted by Crippen LogP contribution is -2.54. The minimum absolute atomic E-state index is 0.573. The van der Waals surface area contributed by atoms with E-state index in [9.17, 15) is 0 Å². The van der Waals surface area contributed by atoms with Crippen LogP contribution in [0.15, 0.2) is 0 Å². The molecule has 1 heteroatoms. The monoisotopic (exact) mass is 219 g/mol. The molecule has 5 fully saturated rings. The van der Waals surface area contributed by atoms with Gasteiger partial charge < -0.3 is 5.73 Å². The zero-order valence-electron chi connectivity index (χ0n) is 10.3. The van der Waals surface area contributed by atoms with E-state index in [1.165, 1.54) is 44.9 Å². The second-order valence-electron chi connectivity index (χ2n) is 7.28. The van der Waals surface area contributed by atoms with E-state index < -0.39 is 0 Å². The third-order valence-corrected chi connectivity index (χ3v) is 6.44. The van der Waals surface area contributed by atoms with Gasteiger partial charge in [-0.05, 0) is 80.5 Å². The van der Waals surface area contributed by atoms with Crippen molar-refractivity contribution < 1.29 is 0 Å². The molecule has 5 aliphatic rings. The van der Waals surface area contributed by atoms with E-state index in [1.54, 1.807) is 6.42 Å². The molecule has 0 aromatic heterocycles. The summed E-state index contributed by atoms with van der Waals surface area (Å²) < 4.78 is 0. The highest BCUT2D eigenvalue weighted by molar-refractivity contribution is 5.02. The first-order valence-electron chi connectivity index (χ1n) is 7.57. The Morgan fingerprint density at radius 2 is 1.38 bits per heavy atom. The van der Waals surface area contributed by atoms with Crippen molar-refractivity contribution in [3.05, 3.63) is 0 Å². The lowest BCUT2D eigenvalue weighted by Gasteiger charge is -2.57. The lowest BCUT2D eigenvalue weighted by molar-refractivity contribution is -0.0595. The Bertz CT molecular complexity index is 250. The first kappa shape index (κ1) is 9.94. The summed E-state index contributed by atoms with van der Waals surface area (Å²) in [6.07, 6.45) is 12.0. The largest absolute Gasteiger partial charge is 0.327 e. The zero-order valence-corrected chi connectivity index (χ0v) is 10.3. The zero-order chi connectivity index (χ0) is 10.7. The Morgan fingerprint density at radius 1 is 0.812 bits per heavy atom. The van der Waals surface area contributed by atoms with E-state index in [1.807, 2.05) is 0 Å². The third-order valence-electron chi connectivity index (χ3n) is 6.44. The van der Waals surface area contributed by atoms with Gasteiger partial charge in [0.25, 0.3) is 0 Å². The van der Waals surface area contributed by atoms with Crippen LogP contribution < -0.4 is 5.73 Å². The van der Waals surface area contributed by atoms with Crippen LogP contribution in [0, 0.1) is 35.5 Å². The maximum absolute atomic E-state index is 6.60. The van der Waals surface area contributed by atoms with Crippen molar-refractivity contribution >= 4 is 0 Å². The van der Waals surface area contributed by atoms with Crippen molar-refractivity contribution in [1.82, 2.24) is 0 Å². The van der Waals surface area contributed by atoms with Crippen LogP contribution in [0.2, 0.25) is 0 Å². The summed E-state index contributed by atoms with van der Waals surface area (Å²) in [5.74, 6) is 6.11. The molecular weight excluding hydrogens is 194 g/mol. The fraction of sp³-hybridized carbons (Fsp3) is 1.00. The molecule has 0 aliphatic heterocycles. The van der Waals surface area contributed by atoms with Gasteiger partial charge in [0, 0.05) is 6.04 Å². The van der Waals surface area contributed by atoms with Crippen molar-refractivity contribution in [1.29, 1.82) is 0 Å². The van der Waals surface area contributed by atoms with Crippen molar-refractivity contribution in [2.24, 2.45) is 41.2 Å². The summed E-state index contributed by atoms with van der Waals surface area (Å²) in [4.78, 5) is 0. The average Bonchev–Trinajstić information content (AvgIpc) is 2.12. The smallest absolute Gasteiger partial charge is 0.0101 e.